The summed E-state index contributed by atoms with van der Waals surface area (Å²) in [5.74, 6) is 1.44. The van der Waals surface area contributed by atoms with Crippen molar-refractivity contribution in [1.29, 1.82) is 0 Å². The normalized spacial score (nSPS) is 13.7. The molecule has 3 aromatic rings. The van der Waals surface area contributed by atoms with Crippen LogP contribution in [0.3, 0.4) is 0 Å². The second kappa shape index (κ2) is 5.64. The minimum absolute atomic E-state index is 0.300. The average Bonchev–Trinajstić information content (AvgIpc) is 3.28. The quantitative estimate of drug-likeness (QED) is 0.808. The van der Waals surface area contributed by atoms with Gasteiger partial charge in [-0.2, -0.15) is 4.98 Å². The van der Waals surface area contributed by atoms with Gasteiger partial charge in [0, 0.05) is 23.2 Å². The number of hydrogen-bond acceptors (Lipinski definition) is 5. The number of aliphatic imine (C=N–C) groups is 1. The Bertz CT molecular complexity index is 870. The van der Waals surface area contributed by atoms with Crippen LogP contribution in [0.2, 0.25) is 0 Å². The molecule has 1 aliphatic heterocycles. The summed E-state index contributed by atoms with van der Waals surface area (Å²) in [6.07, 6.45) is 0. The van der Waals surface area contributed by atoms with Crippen molar-refractivity contribution in [3.63, 3.8) is 0 Å². The van der Waals surface area contributed by atoms with Crippen LogP contribution in [0, 0.1) is 5.82 Å². The molecule has 4 rings (SSSR count). The minimum Gasteiger partial charge on any atom is -0.368 e. The highest BCUT2D eigenvalue weighted by atomic mass is 19.1. The summed E-state index contributed by atoms with van der Waals surface area (Å²) >= 11 is 0. The molecule has 0 atom stereocenters. The lowest BCUT2D eigenvalue weighted by Gasteiger charge is -2.03. The topological polar surface area (TPSA) is 63.3 Å². The van der Waals surface area contributed by atoms with Gasteiger partial charge in [-0.25, -0.2) is 4.39 Å². The van der Waals surface area contributed by atoms with Crippen molar-refractivity contribution in [2.75, 3.05) is 13.1 Å². The van der Waals surface area contributed by atoms with E-state index in [4.69, 9.17) is 4.52 Å². The predicted molar refractivity (Wildman–Crippen MR) is 84.5 cm³/mol. The van der Waals surface area contributed by atoms with Crippen molar-refractivity contribution in [3.8, 4) is 22.8 Å². The van der Waals surface area contributed by atoms with Crippen molar-refractivity contribution < 1.29 is 8.91 Å². The first kappa shape index (κ1) is 13.6. The van der Waals surface area contributed by atoms with E-state index < -0.39 is 0 Å². The molecule has 0 radical (unpaired) electrons. The molecular weight excluding hydrogens is 295 g/mol. The monoisotopic (exact) mass is 308 g/mol. The molecule has 0 aliphatic carbocycles. The van der Waals surface area contributed by atoms with Crippen LogP contribution in [0.25, 0.3) is 22.8 Å². The Morgan fingerprint density at radius 2 is 1.83 bits per heavy atom. The van der Waals surface area contributed by atoms with E-state index in [-0.39, 0.29) is 5.82 Å². The molecule has 0 saturated heterocycles. The Morgan fingerprint density at radius 1 is 1.00 bits per heavy atom. The molecule has 1 aromatic heterocycles. The first-order chi connectivity index (χ1) is 11.3. The van der Waals surface area contributed by atoms with Crippen molar-refractivity contribution in [3.05, 3.63) is 59.9 Å². The van der Waals surface area contributed by atoms with E-state index in [0.29, 0.717) is 17.3 Å². The Labute approximate surface area is 131 Å². The SMILES string of the molecule is Fc1ccc(-c2nc(-c3cccc(C4=NCCN4)c3)no2)cc1. The number of hydrogen-bond donors (Lipinski definition) is 1. The van der Waals surface area contributed by atoms with Gasteiger partial charge in [-0.1, -0.05) is 23.4 Å². The van der Waals surface area contributed by atoms with Gasteiger partial charge in [0.05, 0.1) is 6.54 Å². The van der Waals surface area contributed by atoms with E-state index in [0.717, 1.165) is 30.1 Å². The molecule has 0 bridgehead atoms. The molecule has 23 heavy (non-hydrogen) atoms. The molecule has 6 heteroatoms. The molecule has 2 heterocycles. The van der Waals surface area contributed by atoms with E-state index in [2.05, 4.69) is 20.4 Å². The van der Waals surface area contributed by atoms with Crippen LogP contribution in [-0.2, 0) is 0 Å². The highest BCUT2D eigenvalue weighted by molar-refractivity contribution is 6.00. The molecule has 0 saturated carbocycles. The number of aromatic nitrogens is 2. The van der Waals surface area contributed by atoms with E-state index in [1.165, 1.54) is 12.1 Å². The summed E-state index contributed by atoms with van der Waals surface area (Å²) in [5, 5.41) is 7.25. The number of rotatable bonds is 3. The predicted octanol–water partition coefficient (Wildman–Crippen LogP) is 2.89. The standard InChI is InChI=1S/C17H13FN4O/c18-14-6-4-11(5-7-14)17-21-16(22-23-17)13-3-1-2-12(10-13)15-19-8-9-20-15/h1-7,10H,8-9H2,(H,19,20). The van der Waals surface area contributed by atoms with Crippen molar-refractivity contribution in [1.82, 2.24) is 15.5 Å². The van der Waals surface area contributed by atoms with Gasteiger partial charge in [0.15, 0.2) is 0 Å². The van der Waals surface area contributed by atoms with Crippen LogP contribution in [0.15, 0.2) is 58.0 Å². The van der Waals surface area contributed by atoms with Gasteiger partial charge in [0.1, 0.15) is 11.7 Å². The third-order valence-electron chi connectivity index (χ3n) is 3.59. The minimum atomic E-state index is -0.300. The van der Waals surface area contributed by atoms with Crippen LogP contribution in [0.4, 0.5) is 4.39 Å². The summed E-state index contributed by atoms with van der Waals surface area (Å²) in [4.78, 5) is 8.80. The molecule has 1 aliphatic rings. The zero-order valence-electron chi connectivity index (χ0n) is 12.2. The average molecular weight is 308 g/mol. The Kier molecular flexibility index (Phi) is 3.34. The molecule has 0 amide bonds. The zero-order chi connectivity index (χ0) is 15.6. The first-order valence-corrected chi connectivity index (χ1v) is 7.28. The van der Waals surface area contributed by atoms with Gasteiger partial charge in [-0.05, 0) is 30.3 Å². The second-order valence-corrected chi connectivity index (χ2v) is 5.17. The Morgan fingerprint density at radius 3 is 2.61 bits per heavy atom. The van der Waals surface area contributed by atoms with Gasteiger partial charge in [0.2, 0.25) is 5.82 Å². The second-order valence-electron chi connectivity index (χ2n) is 5.17. The molecule has 5 nitrogen and oxygen atoms in total. The van der Waals surface area contributed by atoms with Crippen LogP contribution in [0.5, 0.6) is 0 Å². The molecule has 0 fully saturated rings. The number of nitrogens with one attached hydrogen (secondary N) is 1. The summed E-state index contributed by atoms with van der Waals surface area (Å²) in [6, 6.07) is 13.8. The Balaban J connectivity index is 1.66. The number of nitrogens with zero attached hydrogens (tertiary/aromatic N) is 3. The third-order valence-corrected chi connectivity index (χ3v) is 3.59. The fraction of sp³-hybridized carbons (Fsp3) is 0.118. The molecule has 0 spiro atoms. The maximum absolute atomic E-state index is 13.0. The van der Waals surface area contributed by atoms with Crippen molar-refractivity contribution in [2.45, 2.75) is 0 Å². The fourth-order valence-corrected chi connectivity index (χ4v) is 2.45. The van der Waals surface area contributed by atoms with Crippen molar-refractivity contribution >= 4 is 5.84 Å². The molecule has 1 N–H and O–H groups in total. The fourth-order valence-electron chi connectivity index (χ4n) is 2.45. The zero-order valence-corrected chi connectivity index (χ0v) is 12.2. The summed E-state index contributed by atoms with van der Waals surface area (Å²) < 4.78 is 18.3. The number of benzene rings is 2. The van der Waals surface area contributed by atoms with Crippen LogP contribution >= 0.6 is 0 Å². The maximum Gasteiger partial charge on any atom is 0.258 e. The van der Waals surface area contributed by atoms with Crippen molar-refractivity contribution in [2.24, 2.45) is 4.99 Å². The van der Waals surface area contributed by atoms with Gasteiger partial charge >= 0.3 is 0 Å². The van der Waals surface area contributed by atoms with Gasteiger partial charge in [0.25, 0.3) is 5.89 Å². The maximum atomic E-state index is 13.0. The van der Waals surface area contributed by atoms with E-state index in [9.17, 15) is 4.39 Å². The largest absolute Gasteiger partial charge is 0.368 e. The molecular formula is C17H13FN4O. The summed E-state index contributed by atoms with van der Waals surface area (Å²) in [6.45, 7) is 1.65. The molecule has 114 valence electrons. The van der Waals surface area contributed by atoms with Crippen LogP contribution in [-0.4, -0.2) is 29.1 Å². The summed E-state index contributed by atoms with van der Waals surface area (Å²) in [5.41, 5.74) is 2.52. The van der Waals surface area contributed by atoms with E-state index >= 15 is 0 Å². The third kappa shape index (κ3) is 2.70. The lowest BCUT2D eigenvalue weighted by atomic mass is 10.1. The number of halogens is 1. The lowest BCUT2D eigenvalue weighted by molar-refractivity contribution is 0.432. The highest BCUT2D eigenvalue weighted by Crippen LogP contribution is 2.23. The van der Waals surface area contributed by atoms with Gasteiger partial charge in [-0.15, -0.1) is 0 Å². The molecule has 0 unspecified atom stereocenters. The first-order valence-electron chi connectivity index (χ1n) is 7.28. The van der Waals surface area contributed by atoms with Gasteiger partial charge in [-0.3, -0.25) is 4.99 Å². The van der Waals surface area contributed by atoms with Crippen LogP contribution < -0.4 is 5.32 Å². The van der Waals surface area contributed by atoms with Crippen LogP contribution in [0.1, 0.15) is 5.56 Å². The van der Waals surface area contributed by atoms with E-state index in [1.807, 2.05) is 24.3 Å². The van der Waals surface area contributed by atoms with Gasteiger partial charge < -0.3 is 9.84 Å². The smallest absolute Gasteiger partial charge is 0.258 e. The Hall–Kier alpha value is -3.02. The lowest BCUT2D eigenvalue weighted by Crippen LogP contribution is -2.19. The van der Waals surface area contributed by atoms with E-state index in [1.54, 1.807) is 12.1 Å². The highest BCUT2D eigenvalue weighted by Gasteiger charge is 2.13. The number of amidine groups is 1. The summed E-state index contributed by atoms with van der Waals surface area (Å²) in [7, 11) is 0. The molecule has 2 aromatic carbocycles.